The number of carbonyl (C=O) groups excluding carboxylic acids is 2. The quantitative estimate of drug-likeness (QED) is 0.712. The molecular weight excluding hydrogens is 200 g/mol. The Morgan fingerprint density at radius 1 is 1.19 bits per heavy atom. The maximum atomic E-state index is 11.8. The lowest BCUT2D eigenvalue weighted by atomic mass is 9.73. The van der Waals surface area contributed by atoms with Crippen molar-refractivity contribution in [1.82, 2.24) is 0 Å². The van der Waals surface area contributed by atoms with E-state index in [4.69, 9.17) is 0 Å². The maximum Gasteiger partial charge on any atom is 0.143 e. The van der Waals surface area contributed by atoms with Gasteiger partial charge < -0.3 is 0 Å². The highest BCUT2D eigenvalue weighted by Gasteiger charge is 2.35. The second-order valence-electron chi connectivity index (χ2n) is 4.42. The number of hydrogen-bond donors (Lipinski definition) is 0. The molecule has 0 radical (unpaired) electrons. The Hall–Kier alpha value is -1.44. The van der Waals surface area contributed by atoms with Gasteiger partial charge in [-0.3, -0.25) is 9.59 Å². The molecule has 0 spiro atoms. The molecule has 1 fully saturated rings. The van der Waals surface area contributed by atoms with Crippen molar-refractivity contribution in [1.29, 1.82) is 0 Å². The molecular formula is C14H16O2. The van der Waals surface area contributed by atoms with Crippen LogP contribution in [0.5, 0.6) is 0 Å². The maximum absolute atomic E-state index is 11.8. The van der Waals surface area contributed by atoms with Gasteiger partial charge in [0.15, 0.2) is 0 Å². The average molecular weight is 216 g/mol. The highest BCUT2D eigenvalue weighted by Crippen LogP contribution is 2.35. The summed E-state index contributed by atoms with van der Waals surface area (Å²) in [6.45, 7) is 2.02. The Balaban J connectivity index is 2.30. The summed E-state index contributed by atoms with van der Waals surface area (Å²) in [5, 5.41) is 0. The third-order valence-corrected chi connectivity index (χ3v) is 3.39. The predicted molar refractivity (Wildman–Crippen MR) is 62.2 cm³/mol. The molecule has 0 N–H and O–H groups in total. The van der Waals surface area contributed by atoms with E-state index >= 15 is 0 Å². The number of Topliss-reactive ketones (excluding diaryl/α,β-unsaturated/α-hetero) is 2. The van der Waals surface area contributed by atoms with Crippen molar-refractivity contribution in [2.24, 2.45) is 5.92 Å². The molecule has 1 saturated carbocycles. The third-order valence-electron chi connectivity index (χ3n) is 3.39. The Bertz CT molecular complexity index is 394. The molecule has 0 aliphatic heterocycles. The molecule has 16 heavy (non-hydrogen) atoms. The normalized spacial score (nSPS) is 25.8. The lowest BCUT2D eigenvalue weighted by Gasteiger charge is -2.29. The molecule has 0 amide bonds. The first-order chi connectivity index (χ1) is 7.72. The molecule has 0 bridgehead atoms. The molecule has 1 aliphatic rings. The number of carbonyl (C=O) groups is 2. The van der Waals surface area contributed by atoms with E-state index in [1.807, 2.05) is 37.3 Å². The van der Waals surface area contributed by atoms with Gasteiger partial charge in [-0.25, -0.2) is 0 Å². The van der Waals surface area contributed by atoms with Crippen LogP contribution in [-0.4, -0.2) is 11.6 Å². The molecule has 2 heteroatoms. The summed E-state index contributed by atoms with van der Waals surface area (Å²) in [6.07, 6.45) is 1.49. The third kappa shape index (κ3) is 2.06. The van der Waals surface area contributed by atoms with E-state index in [9.17, 15) is 9.59 Å². The van der Waals surface area contributed by atoms with E-state index in [-0.39, 0.29) is 29.8 Å². The molecule has 2 atom stereocenters. The second-order valence-corrected chi connectivity index (χ2v) is 4.42. The summed E-state index contributed by atoms with van der Waals surface area (Å²) in [5.74, 6) is 0.330. The van der Waals surface area contributed by atoms with Gasteiger partial charge in [0.25, 0.3) is 0 Å². The fourth-order valence-electron chi connectivity index (χ4n) is 2.57. The van der Waals surface area contributed by atoms with Crippen LogP contribution in [0.15, 0.2) is 30.3 Å². The van der Waals surface area contributed by atoms with Crippen molar-refractivity contribution >= 4 is 11.6 Å². The van der Waals surface area contributed by atoms with Crippen LogP contribution in [0.1, 0.15) is 37.7 Å². The number of rotatable bonds is 2. The van der Waals surface area contributed by atoms with Crippen molar-refractivity contribution < 1.29 is 9.59 Å². The minimum absolute atomic E-state index is 0.0279. The zero-order chi connectivity index (χ0) is 11.5. The topological polar surface area (TPSA) is 34.1 Å². The molecule has 0 heterocycles. The number of ketones is 2. The number of hydrogen-bond acceptors (Lipinski definition) is 2. The largest absolute Gasteiger partial charge is 0.299 e. The van der Waals surface area contributed by atoms with Crippen molar-refractivity contribution in [2.45, 2.75) is 32.1 Å². The monoisotopic (exact) mass is 216 g/mol. The smallest absolute Gasteiger partial charge is 0.143 e. The van der Waals surface area contributed by atoms with Crippen LogP contribution >= 0.6 is 0 Å². The Morgan fingerprint density at radius 2 is 1.88 bits per heavy atom. The van der Waals surface area contributed by atoms with Gasteiger partial charge in [0.1, 0.15) is 11.6 Å². The van der Waals surface area contributed by atoms with Gasteiger partial charge in [0.2, 0.25) is 0 Å². The van der Waals surface area contributed by atoms with Gasteiger partial charge in [0, 0.05) is 18.3 Å². The van der Waals surface area contributed by atoms with E-state index in [1.54, 1.807) is 0 Å². The summed E-state index contributed by atoms with van der Waals surface area (Å²) in [4.78, 5) is 23.3. The SMILES string of the molecule is CCC1C(=O)CC(=O)CC1c1ccccc1. The minimum atomic E-state index is 0.0279. The van der Waals surface area contributed by atoms with Gasteiger partial charge in [-0.15, -0.1) is 0 Å². The highest BCUT2D eigenvalue weighted by molar-refractivity contribution is 6.03. The van der Waals surface area contributed by atoms with E-state index < -0.39 is 0 Å². The van der Waals surface area contributed by atoms with Crippen molar-refractivity contribution in [2.75, 3.05) is 0 Å². The van der Waals surface area contributed by atoms with Gasteiger partial charge in [-0.05, 0) is 12.0 Å². The van der Waals surface area contributed by atoms with Crippen LogP contribution < -0.4 is 0 Å². The van der Waals surface area contributed by atoms with Gasteiger partial charge in [0.05, 0.1) is 6.42 Å². The van der Waals surface area contributed by atoms with Gasteiger partial charge in [-0.2, -0.15) is 0 Å². The van der Waals surface area contributed by atoms with Crippen molar-refractivity contribution in [3.8, 4) is 0 Å². The van der Waals surface area contributed by atoms with Crippen LogP contribution in [0.3, 0.4) is 0 Å². The second kappa shape index (κ2) is 4.60. The molecule has 1 aliphatic carbocycles. The lowest BCUT2D eigenvalue weighted by Crippen LogP contribution is -2.31. The Kier molecular flexibility index (Phi) is 3.18. The van der Waals surface area contributed by atoms with Gasteiger partial charge >= 0.3 is 0 Å². The molecule has 1 aromatic rings. The molecule has 2 rings (SSSR count). The van der Waals surface area contributed by atoms with E-state index in [1.165, 1.54) is 0 Å². The Morgan fingerprint density at radius 3 is 2.50 bits per heavy atom. The van der Waals surface area contributed by atoms with Crippen LogP contribution in [0.25, 0.3) is 0 Å². The molecule has 2 nitrogen and oxygen atoms in total. The zero-order valence-electron chi connectivity index (χ0n) is 9.48. The fourth-order valence-corrected chi connectivity index (χ4v) is 2.57. The standard InChI is InChI=1S/C14H16O2/c1-2-12-13(8-11(15)9-14(12)16)10-6-4-3-5-7-10/h3-7,12-13H,2,8-9H2,1H3. The summed E-state index contributed by atoms with van der Waals surface area (Å²) in [6, 6.07) is 9.91. The molecule has 0 aromatic heterocycles. The number of benzene rings is 1. The zero-order valence-corrected chi connectivity index (χ0v) is 9.48. The van der Waals surface area contributed by atoms with Crippen LogP contribution in [0, 0.1) is 5.92 Å². The van der Waals surface area contributed by atoms with E-state index in [2.05, 4.69) is 0 Å². The minimum Gasteiger partial charge on any atom is -0.299 e. The van der Waals surface area contributed by atoms with E-state index in [0.717, 1.165) is 12.0 Å². The lowest BCUT2D eigenvalue weighted by molar-refractivity contribution is -0.133. The van der Waals surface area contributed by atoms with Crippen LogP contribution in [-0.2, 0) is 9.59 Å². The van der Waals surface area contributed by atoms with Crippen molar-refractivity contribution in [3.63, 3.8) is 0 Å². The first-order valence-corrected chi connectivity index (χ1v) is 5.81. The summed E-state index contributed by atoms with van der Waals surface area (Å²) in [7, 11) is 0. The first kappa shape index (κ1) is 11.1. The predicted octanol–water partition coefficient (Wildman–Crippen LogP) is 2.73. The Labute approximate surface area is 95.7 Å². The van der Waals surface area contributed by atoms with Gasteiger partial charge in [-0.1, -0.05) is 37.3 Å². The summed E-state index contributed by atoms with van der Waals surface area (Å²) in [5.41, 5.74) is 1.12. The molecule has 1 aromatic carbocycles. The van der Waals surface area contributed by atoms with Crippen LogP contribution in [0.2, 0.25) is 0 Å². The first-order valence-electron chi connectivity index (χ1n) is 5.81. The summed E-state index contributed by atoms with van der Waals surface area (Å²) >= 11 is 0. The average Bonchev–Trinajstić information content (AvgIpc) is 2.29. The fraction of sp³-hybridized carbons (Fsp3) is 0.429. The summed E-state index contributed by atoms with van der Waals surface area (Å²) < 4.78 is 0. The van der Waals surface area contributed by atoms with Crippen molar-refractivity contribution in [3.05, 3.63) is 35.9 Å². The van der Waals surface area contributed by atoms with Crippen LogP contribution in [0.4, 0.5) is 0 Å². The van der Waals surface area contributed by atoms with E-state index in [0.29, 0.717) is 6.42 Å². The molecule has 84 valence electrons. The molecule has 0 saturated heterocycles. The molecule has 2 unspecified atom stereocenters. The highest BCUT2D eigenvalue weighted by atomic mass is 16.1.